The Balaban J connectivity index is 1.44. The molecule has 0 saturated carbocycles. The predicted molar refractivity (Wildman–Crippen MR) is 108 cm³/mol. The quantitative estimate of drug-likeness (QED) is 0.519. The molecule has 0 aliphatic rings. The van der Waals surface area contributed by atoms with Crippen LogP contribution in [0.3, 0.4) is 0 Å². The highest BCUT2D eigenvalue weighted by Gasteiger charge is 2.13. The van der Waals surface area contributed by atoms with Crippen LogP contribution >= 0.6 is 11.6 Å². The van der Waals surface area contributed by atoms with Crippen molar-refractivity contribution in [2.24, 2.45) is 0 Å². The molecule has 4 rings (SSSR count). The highest BCUT2D eigenvalue weighted by Crippen LogP contribution is 2.21. The van der Waals surface area contributed by atoms with Gasteiger partial charge in [-0.15, -0.1) is 5.10 Å². The number of carbonyl (C=O) groups excluding carboxylic acids is 1. The van der Waals surface area contributed by atoms with Crippen LogP contribution in [0.25, 0.3) is 22.4 Å². The van der Waals surface area contributed by atoms with Gasteiger partial charge in [0.25, 0.3) is 11.5 Å². The molecule has 0 spiro atoms. The average Bonchev–Trinajstić information content (AvgIpc) is 3.19. The van der Waals surface area contributed by atoms with Crippen LogP contribution in [-0.2, 0) is 4.79 Å². The van der Waals surface area contributed by atoms with Crippen molar-refractivity contribution in [1.82, 2.24) is 19.9 Å². The number of nitrogens with zero attached hydrogens (tertiary/aromatic N) is 4. The molecule has 0 aliphatic heterocycles. The second-order valence-corrected chi connectivity index (χ2v) is 6.56. The number of hydrogen-bond acceptors (Lipinski definition) is 7. The highest BCUT2D eigenvalue weighted by molar-refractivity contribution is 6.30. The maximum Gasteiger partial charge on any atom is 0.316 e. The van der Waals surface area contributed by atoms with Crippen LogP contribution in [0.4, 0.5) is 6.01 Å². The Labute approximate surface area is 169 Å². The molecular formula is C19H15ClN6O3. The van der Waals surface area contributed by atoms with Crippen molar-refractivity contribution in [3.05, 3.63) is 69.7 Å². The summed E-state index contributed by atoms with van der Waals surface area (Å²) in [4.78, 5) is 29.2. The average molecular weight is 411 g/mol. The predicted octanol–water partition coefficient (Wildman–Crippen LogP) is 2.59. The number of amides is 1. The zero-order chi connectivity index (χ0) is 20.4. The van der Waals surface area contributed by atoms with Gasteiger partial charge in [-0.3, -0.25) is 15.0 Å². The third kappa shape index (κ3) is 3.94. The zero-order valence-electron chi connectivity index (χ0n) is 15.2. The lowest BCUT2D eigenvalue weighted by Gasteiger charge is -2.11. The van der Waals surface area contributed by atoms with Gasteiger partial charge in [-0.2, -0.15) is 0 Å². The molecule has 9 nitrogen and oxygen atoms in total. The van der Waals surface area contributed by atoms with E-state index in [1.807, 2.05) is 0 Å². The minimum Gasteiger partial charge on any atom is -0.403 e. The summed E-state index contributed by atoms with van der Waals surface area (Å²) < 4.78 is 6.59. The Morgan fingerprint density at radius 2 is 1.90 bits per heavy atom. The van der Waals surface area contributed by atoms with E-state index in [0.717, 1.165) is 4.68 Å². The molecule has 2 aromatic carbocycles. The number of carbonyl (C=O) groups is 1. The molecule has 146 valence electrons. The van der Waals surface area contributed by atoms with Crippen LogP contribution in [0.2, 0.25) is 5.02 Å². The number of para-hydroxylation sites is 1. The Hall–Kier alpha value is -3.72. The lowest BCUT2D eigenvalue weighted by Crippen LogP contribution is -2.38. The van der Waals surface area contributed by atoms with Crippen LogP contribution in [0.15, 0.2) is 57.7 Å². The number of benzene rings is 2. The fourth-order valence-corrected chi connectivity index (χ4v) is 2.83. The maximum atomic E-state index is 12.6. The standard InChI is InChI=1S/C19H15ClN6O3/c1-11-22-15-5-3-2-4-14(15)18(28)26(11)25-16(27)10-21-19-24-23-17(29-19)12-6-8-13(20)9-7-12/h2-9H,10H2,1H3,(H,21,24)(H,25,27). The first-order valence-electron chi connectivity index (χ1n) is 8.63. The second-order valence-electron chi connectivity index (χ2n) is 6.12. The Morgan fingerprint density at radius 3 is 2.69 bits per heavy atom. The van der Waals surface area contributed by atoms with Crippen molar-refractivity contribution in [2.45, 2.75) is 6.92 Å². The van der Waals surface area contributed by atoms with Gasteiger partial charge in [0.1, 0.15) is 12.4 Å². The summed E-state index contributed by atoms with van der Waals surface area (Å²) >= 11 is 5.86. The van der Waals surface area contributed by atoms with Gasteiger partial charge in [-0.05, 0) is 43.3 Å². The molecule has 0 atom stereocenters. The summed E-state index contributed by atoms with van der Waals surface area (Å²) in [5.74, 6) is 0.179. The normalized spacial score (nSPS) is 10.8. The zero-order valence-corrected chi connectivity index (χ0v) is 16.0. The van der Waals surface area contributed by atoms with E-state index in [4.69, 9.17) is 16.0 Å². The number of aryl methyl sites for hydroxylation is 1. The Bertz CT molecular complexity index is 1250. The Kier molecular flexibility index (Phi) is 4.96. The lowest BCUT2D eigenvalue weighted by molar-refractivity contribution is -0.115. The fraction of sp³-hybridized carbons (Fsp3) is 0.105. The monoisotopic (exact) mass is 410 g/mol. The molecule has 4 aromatic rings. The minimum atomic E-state index is -0.474. The van der Waals surface area contributed by atoms with Gasteiger partial charge in [-0.25, -0.2) is 9.66 Å². The first-order chi connectivity index (χ1) is 14.0. The van der Waals surface area contributed by atoms with E-state index < -0.39 is 5.91 Å². The molecule has 0 radical (unpaired) electrons. The molecule has 29 heavy (non-hydrogen) atoms. The molecule has 0 saturated heterocycles. The summed E-state index contributed by atoms with van der Waals surface area (Å²) in [7, 11) is 0. The number of halogens is 1. The van der Waals surface area contributed by atoms with Gasteiger partial charge in [0, 0.05) is 10.6 Å². The smallest absolute Gasteiger partial charge is 0.316 e. The summed E-state index contributed by atoms with van der Waals surface area (Å²) in [6.07, 6.45) is 0. The molecule has 0 aliphatic carbocycles. The third-order valence-corrected chi connectivity index (χ3v) is 4.35. The maximum absolute atomic E-state index is 12.6. The SMILES string of the molecule is Cc1nc2ccccc2c(=O)n1NC(=O)CNc1nnc(-c2ccc(Cl)cc2)o1. The molecule has 1 amide bonds. The van der Waals surface area contributed by atoms with Crippen molar-refractivity contribution < 1.29 is 9.21 Å². The van der Waals surface area contributed by atoms with Gasteiger partial charge in [0.2, 0.25) is 5.89 Å². The van der Waals surface area contributed by atoms with Crippen molar-refractivity contribution in [1.29, 1.82) is 0 Å². The first kappa shape index (κ1) is 18.6. The second kappa shape index (κ2) is 7.72. The fourth-order valence-electron chi connectivity index (χ4n) is 2.70. The summed E-state index contributed by atoms with van der Waals surface area (Å²) in [5.41, 5.74) is 3.43. The van der Waals surface area contributed by atoms with E-state index in [9.17, 15) is 9.59 Å². The van der Waals surface area contributed by atoms with Crippen LogP contribution < -0.4 is 16.3 Å². The summed E-state index contributed by atoms with van der Waals surface area (Å²) in [6.45, 7) is 1.46. The van der Waals surface area contributed by atoms with E-state index in [0.29, 0.717) is 27.3 Å². The van der Waals surface area contributed by atoms with Crippen molar-refractivity contribution in [2.75, 3.05) is 17.3 Å². The minimum absolute atomic E-state index is 0.0748. The van der Waals surface area contributed by atoms with Gasteiger partial charge >= 0.3 is 6.01 Å². The third-order valence-electron chi connectivity index (χ3n) is 4.10. The van der Waals surface area contributed by atoms with Crippen LogP contribution in [0, 0.1) is 6.92 Å². The molecule has 2 aromatic heterocycles. The topological polar surface area (TPSA) is 115 Å². The number of anilines is 1. The van der Waals surface area contributed by atoms with Gasteiger partial charge in [-0.1, -0.05) is 28.8 Å². The van der Waals surface area contributed by atoms with Crippen molar-refractivity contribution >= 4 is 34.4 Å². The molecular weight excluding hydrogens is 396 g/mol. The molecule has 2 heterocycles. The van der Waals surface area contributed by atoms with E-state index >= 15 is 0 Å². The van der Waals surface area contributed by atoms with Gasteiger partial charge in [0.15, 0.2) is 0 Å². The first-order valence-corrected chi connectivity index (χ1v) is 9.00. The summed E-state index contributed by atoms with van der Waals surface area (Å²) in [5, 5.41) is 11.5. The van der Waals surface area contributed by atoms with E-state index in [-0.39, 0.29) is 24.0 Å². The van der Waals surface area contributed by atoms with E-state index in [2.05, 4.69) is 25.9 Å². The molecule has 0 bridgehead atoms. The molecule has 10 heteroatoms. The van der Waals surface area contributed by atoms with E-state index in [1.165, 1.54) is 0 Å². The number of nitrogens with one attached hydrogen (secondary N) is 2. The lowest BCUT2D eigenvalue weighted by atomic mass is 10.2. The number of aromatic nitrogens is 4. The molecule has 0 unspecified atom stereocenters. The van der Waals surface area contributed by atoms with Crippen LogP contribution in [0.5, 0.6) is 0 Å². The largest absolute Gasteiger partial charge is 0.403 e. The number of fused-ring (bicyclic) bond motifs is 1. The highest BCUT2D eigenvalue weighted by atomic mass is 35.5. The number of hydrogen-bond donors (Lipinski definition) is 2. The van der Waals surface area contributed by atoms with Crippen LogP contribution in [-0.4, -0.2) is 32.3 Å². The molecule has 2 N–H and O–H groups in total. The Morgan fingerprint density at radius 1 is 1.14 bits per heavy atom. The van der Waals surface area contributed by atoms with Gasteiger partial charge < -0.3 is 9.73 Å². The number of rotatable bonds is 5. The summed E-state index contributed by atoms with van der Waals surface area (Å²) in [6, 6.07) is 13.9. The van der Waals surface area contributed by atoms with Gasteiger partial charge in [0.05, 0.1) is 10.9 Å². The van der Waals surface area contributed by atoms with Crippen molar-refractivity contribution in [3.8, 4) is 11.5 Å². The van der Waals surface area contributed by atoms with Crippen molar-refractivity contribution in [3.63, 3.8) is 0 Å². The van der Waals surface area contributed by atoms with E-state index in [1.54, 1.807) is 55.5 Å². The molecule has 0 fully saturated rings. The van der Waals surface area contributed by atoms with Crippen LogP contribution in [0.1, 0.15) is 5.82 Å².